The van der Waals surface area contributed by atoms with Crippen LogP contribution in [0.3, 0.4) is 0 Å². The Labute approximate surface area is 125 Å². The van der Waals surface area contributed by atoms with Gasteiger partial charge in [0, 0.05) is 40.1 Å². The van der Waals surface area contributed by atoms with E-state index in [2.05, 4.69) is 5.32 Å². The topological polar surface area (TPSA) is 29.1 Å². The van der Waals surface area contributed by atoms with E-state index in [4.69, 9.17) is 11.6 Å². The zero-order valence-electron chi connectivity index (χ0n) is 11.0. The van der Waals surface area contributed by atoms with E-state index in [0.29, 0.717) is 17.3 Å². The molecule has 2 nitrogen and oxygen atoms in total. The highest BCUT2D eigenvalue weighted by atomic mass is 35.5. The van der Waals surface area contributed by atoms with Gasteiger partial charge in [0.15, 0.2) is 0 Å². The summed E-state index contributed by atoms with van der Waals surface area (Å²) >= 11 is 6.07. The minimum absolute atomic E-state index is 0.243. The molecule has 0 aliphatic heterocycles. The van der Waals surface area contributed by atoms with E-state index in [9.17, 15) is 8.60 Å². The molecule has 0 radical (unpaired) electrons. The third-order valence-electron chi connectivity index (χ3n) is 2.81. The molecule has 0 unspecified atom stereocenters. The highest BCUT2D eigenvalue weighted by molar-refractivity contribution is 7.83. The molecule has 0 spiro atoms. The summed E-state index contributed by atoms with van der Waals surface area (Å²) < 4.78 is 24.1. The van der Waals surface area contributed by atoms with Crippen LogP contribution in [-0.2, 0) is 23.1 Å². The highest BCUT2D eigenvalue weighted by Crippen LogP contribution is 2.22. The quantitative estimate of drug-likeness (QED) is 0.905. The summed E-state index contributed by atoms with van der Waals surface area (Å²) in [6, 6.07) is 11.9. The number of hydrogen-bond acceptors (Lipinski definition) is 2. The average molecular weight is 312 g/mol. The van der Waals surface area contributed by atoms with Crippen LogP contribution in [-0.4, -0.2) is 10.5 Å². The Kier molecular flexibility index (Phi) is 5.15. The van der Waals surface area contributed by atoms with E-state index in [-0.39, 0.29) is 5.82 Å². The Morgan fingerprint density at radius 2 is 1.90 bits per heavy atom. The molecule has 2 aromatic carbocycles. The molecule has 0 heterocycles. The van der Waals surface area contributed by atoms with Gasteiger partial charge in [0.1, 0.15) is 5.82 Å². The second-order valence-corrected chi connectivity index (χ2v) is 6.35. The molecule has 1 atom stereocenters. The van der Waals surface area contributed by atoms with Gasteiger partial charge in [-0.3, -0.25) is 4.21 Å². The molecule has 20 heavy (non-hydrogen) atoms. The van der Waals surface area contributed by atoms with Crippen molar-refractivity contribution in [3.05, 3.63) is 64.4 Å². The number of halogens is 2. The maximum atomic E-state index is 12.8. The lowest BCUT2D eigenvalue weighted by Crippen LogP contribution is -2.01. The van der Waals surface area contributed by atoms with Gasteiger partial charge in [-0.15, -0.1) is 0 Å². The lowest BCUT2D eigenvalue weighted by atomic mass is 10.2. The Balaban J connectivity index is 2.06. The van der Waals surface area contributed by atoms with Gasteiger partial charge >= 0.3 is 0 Å². The standard InChI is InChI=1S/C15H15ClFNOS/c1-20(19)10-12-8-14(6-7-15(12)16)18-9-11-2-4-13(17)5-3-11/h2-8,18H,9-10H2,1H3/t20-/m1/s1. The predicted molar refractivity (Wildman–Crippen MR) is 82.9 cm³/mol. The van der Waals surface area contributed by atoms with Gasteiger partial charge in [0.2, 0.25) is 0 Å². The summed E-state index contributed by atoms with van der Waals surface area (Å²) in [7, 11) is -0.932. The van der Waals surface area contributed by atoms with Crippen molar-refractivity contribution in [3.63, 3.8) is 0 Å². The SMILES string of the molecule is C[S@@](=O)Cc1cc(NCc2ccc(F)cc2)ccc1Cl. The van der Waals surface area contributed by atoms with Gasteiger partial charge in [0.05, 0.1) is 0 Å². The van der Waals surface area contributed by atoms with Crippen molar-refractivity contribution in [2.45, 2.75) is 12.3 Å². The van der Waals surface area contributed by atoms with Crippen LogP contribution in [0.1, 0.15) is 11.1 Å². The summed E-state index contributed by atoms with van der Waals surface area (Å²) in [5.41, 5.74) is 2.75. The van der Waals surface area contributed by atoms with Gasteiger partial charge in [0.25, 0.3) is 0 Å². The summed E-state index contributed by atoms with van der Waals surface area (Å²) in [6.07, 6.45) is 1.65. The number of hydrogen-bond donors (Lipinski definition) is 1. The predicted octanol–water partition coefficient (Wildman–Crippen LogP) is 3.97. The van der Waals surface area contributed by atoms with Crippen molar-refractivity contribution in [1.29, 1.82) is 0 Å². The van der Waals surface area contributed by atoms with Gasteiger partial charge in [-0.05, 0) is 41.5 Å². The molecule has 106 valence electrons. The first-order valence-corrected chi connectivity index (χ1v) is 8.22. The molecular formula is C15H15ClFNOS. The molecule has 0 aliphatic carbocycles. The van der Waals surface area contributed by atoms with Crippen molar-refractivity contribution in [3.8, 4) is 0 Å². The maximum Gasteiger partial charge on any atom is 0.123 e. The molecule has 0 aliphatic rings. The minimum Gasteiger partial charge on any atom is -0.381 e. The van der Waals surface area contributed by atoms with E-state index in [1.54, 1.807) is 24.5 Å². The summed E-state index contributed by atoms with van der Waals surface area (Å²) in [4.78, 5) is 0. The van der Waals surface area contributed by atoms with Crippen molar-refractivity contribution < 1.29 is 8.60 Å². The van der Waals surface area contributed by atoms with Crippen LogP contribution in [0, 0.1) is 5.82 Å². The molecule has 2 aromatic rings. The zero-order chi connectivity index (χ0) is 14.5. The van der Waals surface area contributed by atoms with Crippen molar-refractivity contribution in [1.82, 2.24) is 0 Å². The van der Waals surface area contributed by atoms with E-state index < -0.39 is 10.8 Å². The first kappa shape index (κ1) is 15.0. The van der Waals surface area contributed by atoms with E-state index in [1.165, 1.54) is 12.1 Å². The lowest BCUT2D eigenvalue weighted by molar-refractivity contribution is 0.627. The fraction of sp³-hybridized carbons (Fsp3) is 0.200. The van der Waals surface area contributed by atoms with Gasteiger partial charge in [-0.2, -0.15) is 0 Å². The first-order valence-electron chi connectivity index (χ1n) is 6.11. The van der Waals surface area contributed by atoms with Crippen molar-refractivity contribution >= 4 is 28.1 Å². The van der Waals surface area contributed by atoms with Gasteiger partial charge < -0.3 is 5.32 Å². The first-order chi connectivity index (χ1) is 9.54. The number of benzene rings is 2. The van der Waals surface area contributed by atoms with Crippen LogP contribution in [0.2, 0.25) is 5.02 Å². The fourth-order valence-electron chi connectivity index (χ4n) is 1.82. The number of anilines is 1. The zero-order valence-corrected chi connectivity index (χ0v) is 12.6. The third kappa shape index (κ3) is 4.32. The summed E-state index contributed by atoms with van der Waals surface area (Å²) in [5.74, 6) is 0.193. The average Bonchev–Trinajstić information content (AvgIpc) is 2.41. The second-order valence-electron chi connectivity index (χ2n) is 4.50. The normalized spacial score (nSPS) is 12.2. The third-order valence-corrected chi connectivity index (χ3v) is 3.90. The Morgan fingerprint density at radius 1 is 1.20 bits per heavy atom. The molecule has 0 aromatic heterocycles. The second kappa shape index (κ2) is 6.86. The van der Waals surface area contributed by atoms with Crippen LogP contribution in [0.25, 0.3) is 0 Å². The smallest absolute Gasteiger partial charge is 0.123 e. The fourth-order valence-corrected chi connectivity index (χ4v) is 2.76. The minimum atomic E-state index is -0.932. The van der Waals surface area contributed by atoms with Crippen LogP contribution in [0.4, 0.5) is 10.1 Å². The molecule has 0 bridgehead atoms. The Bertz CT molecular complexity index is 616. The van der Waals surface area contributed by atoms with Gasteiger partial charge in [-0.25, -0.2) is 4.39 Å². The summed E-state index contributed by atoms with van der Waals surface area (Å²) in [6.45, 7) is 0.594. The molecular weight excluding hydrogens is 297 g/mol. The molecule has 5 heteroatoms. The Hall–Kier alpha value is -1.39. The van der Waals surface area contributed by atoms with E-state index >= 15 is 0 Å². The van der Waals surface area contributed by atoms with Gasteiger partial charge in [-0.1, -0.05) is 23.7 Å². The van der Waals surface area contributed by atoms with E-state index in [1.807, 2.05) is 12.1 Å². The highest BCUT2D eigenvalue weighted by Gasteiger charge is 2.04. The largest absolute Gasteiger partial charge is 0.381 e. The number of nitrogens with one attached hydrogen (secondary N) is 1. The molecule has 0 amide bonds. The van der Waals surface area contributed by atoms with Crippen LogP contribution < -0.4 is 5.32 Å². The van der Waals surface area contributed by atoms with Crippen molar-refractivity contribution in [2.75, 3.05) is 11.6 Å². The number of rotatable bonds is 5. The molecule has 1 N–H and O–H groups in total. The van der Waals surface area contributed by atoms with Crippen LogP contribution in [0.5, 0.6) is 0 Å². The van der Waals surface area contributed by atoms with Crippen LogP contribution >= 0.6 is 11.6 Å². The van der Waals surface area contributed by atoms with Crippen molar-refractivity contribution in [2.24, 2.45) is 0 Å². The molecule has 0 fully saturated rings. The molecule has 2 rings (SSSR count). The molecule has 0 saturated heterocycles. The monoisotopic (exact) mass is 311 g/mol. The van der Waals surface area contributed by atoms with Crippen LogP contribution in [0.15, 0.2) is 42.5 Å². The molecule has 0 saturated carbocycles. The maximum absolute atomic E-state index is 12.8. The summed E-state index contributed by atoms with van der Waals surface area (Å²) in [5, 5.41) is 3.86. The lowest BCUT2D eigenvalue weighted by Gasteiger charge is -2.09. The van der Waals surface area contributed by atoms with E-state index in [0.717, 1.165) is 16.8 Å². The Morgan fingerprint density at radius 3 is 2.55 bits per heavy atom.